The second-order valence-electron chi connectivity index (χ2n) is 8.91. The first-order valence-corrected chi connectivity index (χ1v) is 11.5. The number of nitrogens with zero attached hydrogens (tertiary/aromatic N) is 3. The molecule has 2 aliphatic rings. The van der Waals surface area contributed by atoms with Gasteiger partial charge in [-0.15, -0.1) is 0 Å². The average molecular weight is 456 g/mol. The summed E-state index contributed by atoms with van der Waals surface area (Å²) in [4.78, 5) is 19.5. The first-order chi connectivity index (χ1) is 15.9. The van der Waals surface area contributed by atoms with Gasteiger partial charge in [-0.2, -0.15) is 0 Å². The summed E-state index contributed by atoms with van der Waals surface area (Å²) in [6.45, 7) is 4.56. The Bertz CT molecular complexity index is 1030. The molecule has 2 atom stereocenters. The molecule has 1 N–H and O–H groups in total. The zero-order chi connectivity index (χ0) is 23.6. The number of carbonyl (C=O) groups excluding carboxylic acids is 1. The van der Waals surface area contributed by atoms with E-state index >= 15 is 0 Å². The third-order valence-electron chi connectivity index (χ3n) is 7.02. The molecular weight excluding hydrogens is 424 g/mol. The van der Waals surface area contributed by atoms with Gasteiger partial charge in [0.15, 0.2) is 0 Å². The minimum Gasteiger partial charge on any atom is -0.393 e. The molecule has 0 aromatic heterocycles. The summed E-state index contributed by atoms with van der Waals surface area (Å²) in [6.07, 6.45) is 3.63. The zero-order valence-electron chi connectivity index (χ0n) is 19.2. The van der Waals surface area contributed by atoms with Gasteiger partial charge < -0.3 is 19.8 Å². The number of hydrogen-bond donors (Lipinski definition) is 1. The summed E-state index contributed by atoms with van der Waals surface area (Å²) in [5.41, 5.74) is 0.140. The molecule has 2 amide bonds. The van der Waals surface area contributed by atoms with Gasteiger partial charge in [0.05, 0.1) is 6.61 Å². The van der Waals surface area contributed by atoms with Crippen molar-refractivity contribution in [1.82, 2.24) is 14.7 Å². The monoisotopic (exact) mass is 455 g/mol. The van der Waals surface area contributed by atoms with Gasteiger partial charge in [-0.05, 0) is 61.3 Å². The van der Waals surface area contributed by atoms with E-state index in [-0.39, 0.29) is 30.8 Å². The van der Waals surface area contributed by atoms with E-state index in [1.54, 1.807) is 22.9 Å². The summed E-state index contributed by atoms with van der Waals surface area (Å²) in [6, 6.07) is 12.4. The Labute approximate surface area is 193 Å². The lowest BCUT2D eigenvalue weighted by Gasteiger charge is -2.43. The van der Waals surface area contributed by atoms with E-state index in [0.29, 0.717) is 5.57 Å². The minimum absolute atomic E-state index is 0.0494. The summed E-state index contributed by atoms with van der Waals surface area (Å²) in [5, 5.41) is 10.6. The number of benzene rings is 2. The largest absolute Gasteiger partial charge is 0.393 e. The van der Waals surface area contributed by atoms with E-state index in [1.165, 1.54) is 0 Å². The maximum absolute atomic E-state index is 14.6. The maximum atomic E-state index is 14.6. The van der Waals surface area contributed by atoms with Crippen LogP contribution in [0.4, 0.5) is 13.6 Å². The summed E-state index contributed by atoms with van der Waals surface area (Å²) >= 11 is 0. The smallest absolute Gasteiger partial charge is 0.321 e. The first kappa shape index (κ1) is 23.4. The highest BCUT2D eigenvalue weighted by Crippen LogP contribution is 2.41. The molecule has 2 aliphatic heterocycles. The van der Waals surface area contributed by atoms with Crippen LogP contribution in [0.3, 0.4) is 0 Å². The molecule has 0 saturated carbocycles. The Kier molecular flexibility index (Phi) is 6.81. The molecular formula is C26H31F2N3O2. The molecule has 5 nitrogen and oxygen atoms in total. The van der Waals surface area contributed by atoms with Crippen LogP contribution < -0.4 is 0 Å². The lowest BCUT2D eigenvalue weighted by molar-refractivity contribution is 0.0660. The minimum atomic E-state index is -1.17. The van der Waals surface area contributed by atoms with Crippen LogP contribution in [0.1, 0.15) is 30.9 Å². The highest BCUT2D eigenvalue weighted by atomic mass is 19.1. The normalized spacial score (nSPS) is 23.5. The summed E-state index contributed by atoms with van der Waals surface area (Å²) in [5.74, 6) is -1.11. The molecule has 1 fully saturated rings. The molecule has 7 heteroatoms. The van der Waals surface area contributed by atoms with E-state index in [1.807, 2.05) is 30.3 Å². The fourth-order valence-electron chi connectivity index (χ4n) is 5.04. The number of aliphatic hydroxyl groups excluding tert-OH is 1. The number of halogens is 2. The number of carbonyl (C=O) groups is 1. The zero-order valence-corrected chi connectivity index (χ0v) is 19.2. The van der Waals surface area contributed by atoms with Crippen LogP contribution in [0.2, 0.25) is 0 Å². The molecule has 2 unspecified atom stereocenters. The van der Waals surface area contributed by atoms with E-state index in [0.717, 1.165) is 56.2 Å². The fraction of sp³-hybridized carbons (Fsp3) is 0.423. The van der Waals surface area contributed by atoms with Crippen molar-refractivity contribution in [2.24, 2.45) is 0 Å². The quantitative estimate of drug-likeness (QED) is 0.739. The second-order valence-corrected chi connectivity index (χ2v) is 8.91. The molecule has 1 saturated heterocycles. The molecule has 0 radical (unpaired) electrons. The number of aliphatic hydroxyl groups is 1. The van der Waals surface area contributed by atoms with Gasteiger partial charge in [0.1, 0.15) is 17.2 Å². The van der Waals surface area contributed by atoms with Crippen molar-refractivity contribution >= 4 is 11.6 Å². The molecule has 0 spiro atoms. The molecule has 2 heterocycles. The van der Waals surface area contributed by atoms with Gasteiger partial charge in [-0.3, -0.25) is 0 Å². The Morgan fingerprint density at radius 2 is 1.97 bits per heavy atom. The Balaban J connectivity index is 1.73. The van der Waals surface area contributed by atoms with Crippen molar-refractivity contribution in [2.75, 3.05) is 39.8 Å². The molecule has 0 bridgehead atoms. The lowest BCUT2D eigenvalue weighted by Crippen LogP contribution is -2.56. The highest BCUT2D eigenvalue weighted by Gasteiger charge is 2.46. The van der Waals surface area contributed by atoms with Gasteiger partial charge in [-0.25, -0.2) is 13.6 Å². The van der Waals surface area contributed by atoms with Crippen LogP contribution in [-0.2, 0) is 5.54 Å². The third-order valence-corrected chi connectivity index (χ3v) is 7.02. The van der Waals surface area contributed by atoms with Gasteiger partial charge in [0.25, 0.3) is 0 Å². The van der Waals surface area contributed by atoms with E-state index in [2.05, 4.69) is 11.8 Å². The number of likely N-dealkylation sites (N-methyl/N-ethyl adjacent to an activating group) is 2. The number of piperidine rings is 1. The first-order valence-electron chi connectivity index (χ1n) is 11.5. The van der Waals surface area contributed by atoms with Gasteiger partial charge >= 0.3 is 6.03 Å². The molecule has 33 heavy (non-hydrogen) atoms. The Morgan fingerprint density at radius 3 is 2.67 bits per heavy atom. The summed E-state index contributed by atoms with van der Waals surface area (Å²) < 4.78 is 28.6. The number of hydrogen-bond acceptors (Lipinski definition) is 3. The molecule has 176 valence electrons. The maximum Gasteiger partial charge on any atom is 0.321 e. The number of amides is 2. The predicted octanol–water partition coefficient (Wildman–Crippen LogP) is 4.09. The van der Waals surface area contributed by atoms with Crippen LogP contribution in [0.5, 0.6) is 0 Å². The van der Waals surface area contributed by atoms with Crippen molar-refractivity contribution < 1.29 is 18.7 Å². The van der Waals surface area contributed by atoms with Gasteiger partial charge in [0.2, 0.25) is 0 Å². The van der Waals surface area contributed by atoms with Gasteiger partial charge in [-0.1, -0.05) is 37.3 Å². The number of rotatable bonds is 5. The molecule has 4 rings (SSSR count). The van der Waals surface area contributed by atoms with E-state index in [9.17, 15) is 18.7 Å². The van der Waals surface area contributed by atoms with Crippen LogP contribution in [-0.4, -0.2) is 71.7 Å². The molecule has 2 aromatic rings. The lowest BCUT2D eigenvalue weighted by atomic mass is 9.89. The van der Waals surface area contributed by atoms with Crippen molar-refractivity contribution in [1.29, 1.82) is 0 Å². The fourth-order valence-corrected chi connectivity index (χ4v) is 5.04. The van der Waals surface area contributed by atoms with Crippen molar-refractivity contribution in [3.8, 4) is 0 Å². The topological polar surface area (TPSA) is 47.0 Å². The van der Waals surface area contributed by atoms with Crippen LogP contribution in [0.15, 0.2) is 54.6 Å². The van der Waals surface area contributed by atoms with Crippen molar-refractivity contribution in [3.05, 3.63) is 77.4 Å². The summed E-state index contributed by atoms with van der Waals surface area (Å²) in [7, 11) is 1.79. The molecule has 0 aliphatic carbocycles. The van der Waals surface area contributed by atoms with Crippen molar-refractivity contribution in [2.45, 2.75) is 31.3 Å². The third kappa shape index (κ3) is 4.39. The van der Waals surface area contributed by atoms with Gasteiger partial charge in [0, 0.05) is 31.7 Å². The van der Waals surface area contributed by atoms with Crippen LogP contribution >= 0.6 is 0 Å². The Hall–Kier alpha value is -2.77. The SMILES string of the molecule is CCN1CCCC(N(C)C(=O)N2CC(c3cc(F)ccc3F)=CC2(CO)c2ccccc2)C1. The predicted molar refractivity (Wildman–Crippen MR) is 125 cm³/mol. The van der Waals surface area contributed by atoms with Crippen LogP contribution in [0.25, 0.3) is 5.57 Å². The standard InChI is InChI=1S/C26H31F2N3O2/c1-3-30-13-7-10-22(17-30)29(2)25(33)31-16-19(23-14-21(27)11-12-24(23)28)15-26(31,18-32)20-8-5-4-6-9-20/h4-6,8-9,11-12,14-15,22,32H,3,7,10,13,16-18H2,1-2H3. The molecule has 2 aromatic carbocycles. The number of urea groups is 1. The highest BCUT2D eigenvalue weighted by molar-refractivity contribution is 5.83. The number of likely N-dealkylation sites (tertiary alicyclic amines) is 1. The van der Waals surface area contributed by atoms with E-state index in [4.69, 9.17) is 0 Å². The van der Waals surface area contributed by atoms with E-state index < -0.39 is 17.2 Å². The average Bonchev–Trinajstić information content (AvgIpc) is 3.26. The van der Waals surface area contributed by atoms with Crippen molar-refractivity contribution in [3.63, 3.8) is 0 Å². The van der Waals surface area contributed by atoms with Crippen LogP contribution in [0, 0.1) is 11.6 Å². The second kappa shape index (κ2) is 9.61. The Morgan fingerprint density at radius 1 is 1.21 bits per heavy atom.